The molecule has 5 heteroatoms. The van der Waals surface area contributed by atoms with Crippen LogP contribution in [0, 0.1) is 0 Å². The minimum atomic E-state index is -1.22. The molecule has 0 saturated heterocycles. The summed E-state index contributed by atoms with van der Waals surface area (Å²) >= 11 is 0. The first kappa shape index (κ1) is 17.1. The van der Waals surface area contributed by atoms with Crippen LogP contribution >= 0.6 is 0 Å². The van der Waals surface area contributed by atoms with Gasteiger partial charge in [-0.05, 0) is 42.7 Å². The van der Waals surface area contributed by atoms with E-state index in [1.54, 1.807) is 26.2 Å². The Morgan fingerprint density at radius 1 is 1.39 bits per heavy atom. The van der Waals surface area contributed by atoms with Gasteiger partial charge in [0.05, 0.1) is 19.9 Å². The maximum Gasteiger partial charge on any atom is 0.220 e. The smallest absolute Gasteiger partial charge is 0.220 e. The molecular weight excluding hydrogens is 294 g/mol. The molecular formula is C18H23NO4. The molecule has 2 N–H and O–H groups in total. The first-order chi connectivity index (χ1) is 10.9. The Bertz CT molecular complexity index is 634. The van der Waals surface area contributed by atoms with Gasteiger partial charge in [-0.15, -0.1) is 0 Å². The molecule has 0 saturated carbocycles. The van der Waals surface area contributed by atoms with Gasteiger partial charge in [0, 0.05) is 6.42 Å². The van der Waals surface area contributed by atoms with Gasteiger partial charge in [0.2, 0.25) is 5.91 Å². The maximum absolute atomic E-state index is 12.1. The van der Waals surface area contributed by atoms with Crippen molar-refractivity contribution in [1.29, 1.82) is 0 Å². The van der Waals surface area contributed by atoms with Gasteiger partial charge in [-0.25, -0.2) is 0 Å². The van der Waals surface area contributed by atoms with Crippen LogP contribution in [0.4, 0.5) is 0 Å². The van der Waals surface area contributed by atoms with Gasteiger partial charge in [-0.1, -0.05) is 19.1 Å². The normalized spacial score (nSPS) is 14.8. The number of hydrogen-bond acceptors (Lipinski definition) is 4. The predicted molar refractivity (Wildman–Crippen MR) is 87.3 cm³/mol. The molecule has 0 aliphatic carbocycles. The van der Waals surface area contributed by atoms with Crippen LogP contribution in [0.3, 0.4) is 0 Å². The number of hydrogen-bond donors (Lipinski definition) is 2. The van der Waals surface area contributed by atoms with Crippen molar-refractivity contribution in [2.45, 2.75) is 31.8 Å². The van der Waals surface area contributed by atoms with E-state index in [1.807, 2.05) is 31.2 Å². The van der Waals surface area contributed by atoms with Crippen molar-refractivity contribution in [2.24, 2.45) is 0 Å². The molecule has 0 bridgehead atoms. The summed E-state index contributed by atoms with van der Waals surface area (Å²) < 4.78 is 10.4. The number of carbonyl (C=O) groups is 1. The number of carbonyl (C=O) groups excluding carboxylic acids is 1. The van der Waals surface area contributed by atoms with Crippen LogP contribution in [0.25, 0.3) is 0 Å². The van der Waals surface area contributed by atoms with Crippen molar-refractivity contribution in [2.75, 3.05) is 13.7 Å². The number of furan rings is 1. The highest BCUT2D eigenvalue weighted by molar-refractivity contribution is 5.76. The Hall–Kier alpha value is -2.27. The van der Waals surface area contributed by atoms with E-state index in [4.69, 9.17) is 9.15 Å². The van der Waals surface area contributed by atoms with Gasteiger partial charge < -0.3 is 19.6 Å². The molecule has 5 nitrogen and oxygen atoms in total. The molecule has 1 aromatic heterocycles. The molecule has 0 spiro atoms. The van der Waals surface area contributed by atoms with E-state index in [0.29, 0.717) is 12.2 Å². The quantitative estimate of drug-likeness (QED) is 0.824. The van der Waals surface area contributed by atoms with E-state index in [9.17, 15) is 9.90 Å². The van der Waals surface area contributed by atoms with E-state index in [2.05, 4.69) is 5.32 Å². The standard InChI is InChI=1S/C18H23NO4/c1-13(14-6-4-7-15(11-14)22-3)10-17(20)19-12-18(2,21)16-8-5-9-23-16/h4-9,11,13,21H,10,12H2,1-3H3,(H,19,20). The molecule has 2 rings (SSSR count). The molecule has 1 aromatic carbocycles. The summed E-state index contributed by atoms with van der Waals surface area (Å²) in [6.07, 6.45) is 1.83. The van der Waals surface area contributed by atoms with Crippen molar-refractivity contribution in [3.05, 3.63) is 54.0 Å². The van der Waals surface area contributed by atoms with Crippen LogP contribution in [-0.2, 0) is 10.4 Å². The molecule has 124 valence electrons. The largest absolute Gasteiger partial charge is 0.497 e. The molecule has 2 unspecified atom stereocenters. The minimum Gasteiger partial charge on any atom is -0.497 e. The van der Waals surface area contributed by atoms with Crippen LogP contribution in [0.5, 0.6) is 5.75 Å². The predicted octanol–water partition coefficient (Wildman–Crippen LogP) is 2.81. The first-order valence-corrected chi connectivity index (χ1v) is 7.59. The second-order valence-electron chi connectivity index (χ2n) is 5.91. The van der Waals surface area contributed by atoms with Gasteiger partial charge >= 0.3 is 0 Å². The highest BCUT2D eigenvalue weighted by Crippen LogP contribution is 2.24. The minimum absolute atomic E-state index is 0.0543. The number of amides is 1. The zero-order valence-corrected chi connectivity index (χ0v) is 13.7. The van der Waals surface area contributed by atoms with E-state index in [-0.39, 0.29) is 18.4 Å². The summed E-state index contributed by atoms with van der Waals surface area (Å²) in [6, 6.07) is 11.1. The van der Waals surface area contributed by atoms with Crippen LogP contribution < -0.4 is 10.1 Å². The SMILES string of the molecule is COc1cccc(C(C)CC(=O)NCC(C)(O)c2ccco2)c1. The lowest BCUT2D eigenvalue weighted by Gasteiger charge is -2.21. The molecule has 0 radical (unpaired) electrons. The fourth-order valence-electron chi connectivity index (χ4n) is 2.36. The average Bonchev–Trinajstić information content (AvgIpc) is 3.08. The van der Waals surface area contributed by atoms with Crippen LogP contribution in [-0.4, -0.2) is 24.7 Å². The Labute approximate surface area is 136 Å². The summed E-state index contributed by atoms with van der Waals surface area (Å²) in [5.74, 6) is 1.14. The third-order valence-corrected chi connectivity index (χ3v) is 3.84. The van der Waals surface area contributed by atoms with Gasteiger partial charge in [0.15, 0.2) is 0 Å². The maximum atomic E-state index is 12.1. The fraction of sp³-hybridized carbons (Fsp3) is 0.389. The van der Waals surface area contributed by atoms with E-state index in [0.717, 1.165) is 11.3 Å². The molecule has 0 fully saturated rings. The van der Waals surface area contributed by atoms with Crippen LogP contribution in [0.2, 0.25) is 0 Å². The first-order valence-electron chi connectivity index (χ1n) is 7.59. The summed E-state index contributed by atoms with van der Waals surface area (Å²) in [5, 5.41) is 13.1. The average molecular weight is 317 g/mol. The molecule has 0 aliphatic rings. The van der Waals surface area contributed by atoms with Gasteiger partial charge in [-0.3, -0.25) is 4.79 Å². The van der Waals surface area contributed by atoms with Gasteiger partial charge in [0.1, 0.15) is 17.1 Å². The summed E-state index contributed by atoms with van der Waals surface area (Å²) in [6.45, 7) is 3.70. The Morgan fingerprint density at radius 2 is 2.17 bits per heavy atom. The van der Waals surface area contributed by atoms with Crippen molar-refractivity contribution in [1.82, 2.24) is 5.32 Å². The molecule has 2 atom stereocenters. The lowest BCUT2D eigenvalue weighted by molar-refractivity contribution is -0.122. The lowest BCUT2D eigenvalue weighted by atomic mass is 9.97. The molecule has 2 aromatic rings. The summed E-state index contributed by atoms with van der Waals surface area (Å²) in [4.78, 5) is 12.1. The Balaban J connectivity index is 1.89. The van der Waals surface area contributed by atoms with E-state index >= 15 is 0 Å². The van der Waals surface area contributed by atoms with E-state index < -0.39 is 5.60 Å². The van der Waals surface area contributed by atoms with Crippen LogP contribution in [0.1, 0.15) is 37.5 Å². The highest BCUT2D eigenvalue weighted by Gasteiger charge is 2.27. The summed E-state index contributed by atoms with van der Waals surface area (Å²) in [5.41, 5.74) is -0.185. The van der Waals surface area contributed by atoms with Crippen LogP contribution in [0.15, 0.2) is 47.1 Å². The Kier molecular flexibility index (Phi) is 5.45. The van der Waals surface area contributed by atoms with Crippen molar-refractivity contribution in [3.63, 3.8) is 0 Å². The number of methoxy groups -OCH3 is 1. The van der Waals surface area contributed by atoms with Gasteiger partial charge in [-0.2, -0.15) is 0 Å². The van der Waals surface area contributed by atoms with Crippen molar-refractivity contribution in [3.8, 4) is 5.75 Å². The third kappa shape index (κ3) is 4.60. The molecule has 1 heterocycles. The zero-order valence-electron chi connectivity index (χ0n) is 13.7. The molecule has 23 heavy (non-hydrogen) atoms. The molecule has 1 amide bonds. The lowest BCUT2D eigenvalue weighted by Crippen LogP contribution is -2.38. The highest BCUT2D eigenvalue weighted by atomic mass is 16.5. The topological polar surface area (TPSA) is 71.7 Å². The van der Waals surface area contributed by atoms with Crippen molar-refractivity contribution >= 4 is 5.91 Å². The number of benzene rings is 1. The molecule has 0 aliphatic heterocycles. The summed E-state index contributed by atoms with van der Waals surface area (Å²) in [7, 11) is 1.62. The van der Waals surface area contributed by atoms with Gasteiger partial charge in [0.25, 0.3) is 0 Å². The second kappa shape index (κ2) is 7.33. The number of ether oxygens (including phenoxy) is 1. The van der Waals surface area contributed by atoms with E-state index in [1.165, 1.54) is 6.26 Å². The number of nitrogens with one attached hydrogen (secondary N) is 1. The monoisotopic (exact) mass is 317 g/mol. The third-order valence-electron chi connectivity index (χ3n) is 3.84. The zero-order chi connectivity index (χ0) is 16.9. The fourth-order valence-corrected chi connectivity index (χ4v) is 2.36. The Morgan fingerprint density at radius 3 is 2.83 bits per heavy atom. The number of aliphatic hydroxyl groups is 1. The van der Waals surface area contributed by atoms with Crippen molar-refractivity contribution < 1.29 is 19.1 Å². The second-order valence-corrected chi connectivity index (χ2v) is 5.91. The number of rotatable bonds is 7.